The molecule has 0 radical (unpaired) electrons. The fraction of sp³-hybridized carbons (Fsp3) is 0. The van der Waals surface area contributed by atoms with Crippen molar-refractivity contribution in [1.82, 2.24) is 0 Å². The van der Waals surface area contributed by atoms with Crippen LogP contribution in [0.25, 0.3) is 0 Å². The van der Waals surface area contributed by atoms with Crippen LogP contribution in [0, 0.1) is 0 Å². The van der Waals surface area contributed by atoms with E-state index in [1.165, 1.54) is 0 Å². The minimum absolute atomic E-state index is 0. The molecule has 6 heteroatoms. The summed E-state index contributed by atoms with van der Waals surface area (Å²) in [5.41, 5.74) is 0. The van der Waals surface area contributed by atoms with Crippen molar-refractivity contribution in [2.24, 2.45) is 0 Å². The molecular weight excluding hydrogens is 125 g/mol. The maximum atomic E-state index is 8.74. The third kappa shape index (κ3) is 35.3. The molecule has 0 aliphatic rings. The molecule has 0 spiro atoms. The molecule has 0 saturated carbocycles. The Bertz CT molecular complexity index is 35.9. The van der Waals surface area contributed by atoms with Crippen molar-refractivity contribution in [2.45, 2.75) is 0 Å². The van der Waals surface area contributed by atoms with E-state index in [9.17, 15) is 0 Å². The number of hydrogen-bond donors (Lipinski definition) is 2. The fourth-order valence-corrected chi connectivity index (χ4v) is 0. The number of rotatable bonds is 0. The summed E-state index contributed by atoms with van der Waals surface area (Å²) in [6, 6.07) is 0. The summed E-state index contributed by atoms with van der Waals surface area (Å²) in [7, 11) is -3.13. The van der Waals surface area contributed by atoms with Crippen LogP contribution < -0.4 is 59.1 Å². The molecule has 0 aromatic heterocycles. The molecule has 3 nitrogen and oxygen atoms in total. The van der Waals surface area contributed by atoms with Gasteiger partial charge in [-0.25, -0.2) is 0 Å². The molecule has 26 valence electrons. The molecule has 0 rings (SSSR count). The van der Waals surface area contributed by atoms with Crippen LogP contribution in [0.4, 0.5) is 0 Å². The molecule has 0 aliphatic carbocycles. The van der Waals surface area contributed by atoms with Crippen molar-refractivity contribution in [3.05, 3.63) is 0 Å². The SMILES string of the molecule is O=[PH](O)O.[H+].[Na+].[Na+]. The first-order valence-corrected chi connectivity index (χ1v) is 1.95. The Labute approximate surface area is 82.2 Å². The van der Waals surface area contributed by atoms with Gasteiger partial charge in [0.2, 0.25) is 0 Å². The summed E-state index contributed by atoms with van der Waals surface area (Å²) in [5.74, 6) is 0. The van der Waals surface area contributed by atoms with Crippen LogP contribution in [-0.2, 0) is 4.57 Å². The van der Waals surface area contributed by atoms with Gasteiger partial charge in [0.1, 0.15) is 0 Å². The van der Waals surface area contributed by atoms with Crippen LogP contribution in [0.15, 0.2) is 0 Å². The molecule has 6 heavy (non-hydrogen) atoms. The van der Waals surface area contributed by atoms with Gasteiger partial charge in [-0.15, -0.1) is 0 Å². The Morgan fingerprint density at radius 3 is 1.33 bits per heavy atom. The zero-order valence-corrected chi connectivity index (χ0v) is 8.80. The maximum absolute atomic E-state index is 8.74. The second-order valence-corrected chi connectivity index (χ2v) is 0.848. The van der Waals surface area contributed by atoms with E-state index in [4.69, 9.17) is 14.4 Å². The zero-order valence-electron chi connectivity index (χ0n) is 4.80. The minimum Gasteiger partial charge on any atom is -0.326 e. The van der Waals surface area contributed by atoms with Crippen molar-refractivity contribution in [2.75, 3.05) is 0 Å². The molecule has 2 N–H and O–H groups in total. The molecule has 0 aliphatic heterocycles. The van der Waals surface area contributed by atoms with Crippen LogP contribution in [0.2, 0.25) is 0 Å². The Kier molecular flexibility index (Phi) is 26.7. The van der Waals surface area contributed by atoms with Crippen LogP contribution in [0.3, 0.4) is 0 Å². The monoisotopic (exact) mass is 129 g/mol. The van der Waals surface area contributed by atoms with E-state index in [0.29, 0.717) is 0 Å². The Balaban J connectivity index is -0.0000000150. The minimum atomic E-state index is -3.13. The van der Waals surface area contributed by atoms with Gasteiger partial charge in [-0.2, -0.15) is 0 Å². The van der Waals surface area contributed by atoms with Crippen molar-refractivity contribution >= 4 is 8.25 Å². The van der Waals surface area contributed by atoms with Crippen molar-refractivity contribution in [1.29, 1.82) is 0 Å². The third-order valence-corrected chi connectivity index (χ3v) is 0. The predicted octanol–water partition coefficient (Wildman–Crippen LogP) is -6.52. The van der Waals surface area contributed by atoms with Gasteiger partial charge in [0.25, 0.3) is 0 Å². The molecule has 0 heterocycles. The zero-order chi connectivity index (χ0) is 3.58. The number of hydrogen-bond acceptors (Lipinski definition) is 1. The average Bonchev–Trinajstić information content (AvgIpc) is 0.811. The van der Waals surface area contributed by atoms with Crippen LogP contribution in [0.5, 0.6) is 0 Å². The molecule has 0 fully saturated rings. The second kappa shape index (κ2) is 10.2. The van der Waals surface area contributed by atoms with Crippen molar-refractivity contribution < 1.29 is 74.9 Å². The predicted molar refractivity (Wildman–Crippen MR) is 14.6 cm³/mol. The second-order valence-electron chi connectivity index (χ2n) is 0.283. The first kappa shape index (κ1) is 15.7. The van der Waals surface area contributed by atoms with E-state index >= 15 is 0 Å². The van der Waals surface area contributed by atoms with Gasteiger partial charge in [-0.05, 0) is 0 Å². The summed E-state index contributed by atoms with van der Waals surface area (Å²) in [6.45, 7) is 0. The maximum Gasteiger partial charge on any atom is 1.00 e. The van der Waals surface area contributed by atoms with E-state index in [1.807, 2.05) is 0 Å². The van der Waals surface area contributed by atoms with Gasteiger partial charge < -0.3 is 9.79 Å². The standard InChI is InChI=1S/2Na.H3O3P/c;;1-4(2)3/h;;4H,(H2,1,2,3)/q2*+1;/p+1. The van der Waals surface area contributed by atoms with Crippen molar-refractivity contribution in [3.8, 4) is 0 Å². The summed E-state index contributed by atoms with van der Waals surface area (Å²) in [5, 5.41) is 0. The molecule has 0 saturated heterocycles. The molecule has 0 amide bonds. The first-order chi connectivity index (χ1) is 1.73. The van der Waals surface area contributed by atoms with Crippen LogP contribution in [0.1, 0.15) is 1.43 Å². The quantitative estimate of drug-likeness (QED) is 0.252. The van der Waals surface area contributed by atoms with Crippen LogP contribution >= 0.6 is 8.25 Å². The molecule has 0 unspecified atom stereocenters. The van der Waals surface area contributed by atoms with E-state index in [-0.39, 0.29) is 60.5 Å². The first-order valence-electron chi connectivity index (χ1n) is 0.651. The summed E-state index contributed by atoms with van der Waals surface area (Å²) >= 11 is 0. The molecule has 0 aromatic carbocycles. The van der Waals surface area contributed by atoms with Crippen molar-refractivity contribution in [3.63, 3.8) is 0 Å². The summed E-state index contributed by atoms with van der Waals surface area (Å²) < 4.78 is 8.74. The van der Waals surface area contributed by atoms with Gasteiger partial charge in [-0.3, -0.25) is 4.57 Å². The molecule has 0 aromatic rings. The van der Waals surface area contributed by atoms with E-state index in [1.54, 1.807) is 0 Å². The Morgan fingerprint density at radius 1 is 1.33 bits per heavy atom. The molecule has 0 atom stereocenters. The largest absolute Gasteiger partial charge is 1.00 e. The summed E-state index contributed by atoms with van der Waals surface area (Å²) in [6.07, 6.45) is 0. The fourth-order valence-electron chi connectivity index (χ4n) is 0. The Hall–Kier alpha value is 2.15. The smallest absolute Gasteiger partial charge is 0.326 e. The molecular formula is H4Na2O3P+3. The Morgan fingerprint density at radius 2 is 1.33 bits per heavy atom. The van der Waals surface area contributed by atoms with E-state index < -0.39 is 8.25 Å². The molecule has 0 bridgehead atoms. The van der Waals surface area contributed by atoms with Gasteiger partial charge in [0, 0.05) is 0 Å². The average molecular weight is 129 g/mol. The van der Waals surface area contributed by atoms with Gasteiger partial charge >= 0.3 is 68.8 Å². The normalized spacial score (nSPS) is 5.83. The van der Waals surface area contributed by atoms with E-state index in [0.717, 1.165) is 0 Å². The van der Waals surface area contributed by atoms with Gasteiger partial charge in [0.15, 0.2) is 0 Å². The van der Waals surface area contributed by atoms with Gasteiger partial charge in [-0.1, -0.05) is 0 Å². The van der Waals surface area contributed by atoms with Crippen LogP contribution in [-0.4, -0.2) is 9.79 Å². The third-order valence-electron chi connectivity index (χ3n) is 0. The van der Waals surface area contributed by atoms with Gasteiger partial charge in [0.05, 0.1) is 0 Å². The topological polar surface area (TPSA) is 57.5 Å². The summed E-state index contributed by atoms with van der Waals surface area (Å²) in [4.78, 5) is 14.3. The van der Waals surface area contributed by atoms with E-state index in [2.05, 4.69) is 0 Å².